The number of hydrogen-bond acceptors (Lipinski definition) is 4. The van der Waals surface area contributed by atoms with Gasteiger partial charge in [0.1, 0.15) is 0 Å². The lowest BCUT2D eigenvalue weighted by molar-refractivity contribution is -0.122. The van der Waals surface area contributed by atoms with Crippen LogP contribution in [0.3, 0.4) is 0 Å². The second kappa shape index (κ2) is 8.90. The van der Waals surface area contributed by atoms with E-state index in [0.29, 0.717) is 12.8 Å². The van der Waals surface area contributed by atoms with Gasteiger partial charge in [-0.1, -0.05) is 13.8 Å². The Morgan fingerprint density at radius 1 is 1.21 bits per heavy atom. The highest BCUT2D eigenvalue weighted by atomic mass is 32.2. The lowest BCUT2D eigenvalue weighted by Crippen LogP contribution is -2.31. The molecule has 1 atom stereocenters. The molecule has 0 radical (unpaired) electrons. The van der Waals surface area contributed by atoms with Crippen molar-refractivity contribution in [3.05, 3.63) is 0 Å². The van der Waals surface area contributed by atoms with Gasteiger partial charge >= 0.3 is 0 Å². The molecule has 0 aromatic carbocycles. The van der Waals surface area contributed by atoms with Crippen LogP contribution in [0.25, 0.3) is 0 Å². The zero-order valence-electron chi connectivity index (χ0n) is 11.6. The Bertz CT molecular complexity index is 393. The summed E-state index contributed by atoms with van der Waals surface area (Å²) in [6, 6.07) is 0. The highest BCUT2D eigenvalue weighted by molar-refractivity contribution is 7.91. The van der Waals surface area contributed by atoms with Gasteiger partial charge in [0.15, 0.2) is 9.84 Å². The van der Waals surface area contributed by atoms with Gasteiger partial charge in [-0.05, 0) is 19.3 Å². The first-order valence-corrected chi connectivity index (χ1v) is 8.41. The summed E-state index contributed by atoms with van der Waals surface area (Å²) in [4.78, 5) is 22.2. The van der Waals surface area contributed by atoms with Gasteiger partial charge < -0.3 is 11.1 Å². The quantitative estimate of drug-likeness (QED) is 0.600. The normalized spacial score (nSPS) is 12.9. The van der Waals surface area contributed by atoms with Crippen molar-refractivity contribution in [3.63, 3.8) is 0 Å². The lowest BCUT2D eigenvalue weighted by atomic mass is 10.0. The van der Waals surface area contributed by atoms with Gasteiger partial charge in [0, 0.05) is 18.9 Å². The third-order valence-electron chi connectivity index (χ3n) is 2.88. The molecule has 1 unspecified atom stereocenters. The summed E-state index contributed by atoms with van der Waals surface area (Å²) in [5.74, 6) is -1.17. The van der Waals surface area contributed by atoms with E-state index in [-0.39, 0.29) is 30.4 Å². The molecule has 112 valence electrons. The van der Waals surface area contributed by atoms with E-state index in [2.05, 4.69) is 5.32 Å². The summed E-state index contributed by atoms with van der Waals surface area (Å²) in [6.45, 7) is 3.80. The molecule has 2 amide bonds. The van der Waals surface area contributed by atoms with E-state index in [1.54, 1.807) is 6.92 Å². The molecule has 0 fully saturated rings. The van der Waals surface area contributed by atoms with Crippen LogP contribution in [0.4, 0.5) is 0 Å². The van der Waals surface area contributed by atoms with E-state index in [1.165, 1.54) is 0 Å². The molecule has 0 aliphatic heterocycles. The zero-order valence-corrected chi connectivity index (χ0v) is 12.5. The predicted molar refractivity (Wildman–Crippen MR) is 74.2 cm³/mol. The number of amides is 2. The molecule has 0 saturated carbocycles. The van der Waals surface area contributed by atoms with Crippen molar-refractivity contribution in [2.45, 2.75) is 39.5 Å². The monoisotopic (exact) mass is 292 g/mol. The van der Waals surface area contributed by atoms with Crippen LogP contribution in [-0.4, -0.2) is 38.3 Å². The minimum atomic E-state index is -3.25. The second-order valence-corrected chi connectivity index (χ2v) is 6.85. The smallest absolute Gasteiger partial charge is 0.220 e. The topological polar surface area (TPSA) is 106 Å². The molecule has 6 nitrogen and oxygen atoms in total. The van der Waals surface area contributed by atoms with Crippen LogP contribution >= 0.6 is 0 Å². The van der Waals surface area contributed by atoms with Crippen LogP contribution in [0.2, 0.25) is 0 Å². The molecule has 7 heteroatoms. The lowest BCUT2D eigenvalue weighted by Gasteiger charge is -2.11. The minimum Gasteiger partial charge on any atom is -0.369 e. The Morgan fingerprint density at radius 2 is 1.84 bits per heavy atom. The van der Waals surface area contributed by atoms with Crippen molar-refractivity contribution in [1.82, 2.24) is 5.32 Å². The fourth-order valence-corrected chi connectivity index (χ4v) is 2.89. The third kappa shape index (κ3) is 8.58. The van der Waals surface area contributed by atoms with Gasteiger partial charge in [-0.25, -0.2) is 8.42 Å². The molecular weight excluding hydrogens is 268 g/mol. The Labute approximate surface area is 115 Å². The van der Waals surface area contributed by atoms with Gasteiger partial charge in [0.05, 0.1) is 11.5 Å². The number of carbonyl (C=O) groups excluding carboxylic acids is 2. The maximum absolute atomic E-state index is 11.7. The van der Waals surface area contributed by atoms with Gasteiger partial charge in [0.2, 0.25) is 11.8 Å². The summed E-state index contributed by atoms with van der Waals surface area (Å²) in [5.41, 5.74) is 5.16. The predicted octanol–water partition coefficient (Wildman–Crippen LogP) is 0.219. The second-order valence-electron chi connectivity index (χ2n) is 4.55. The molecule has 3 N–H and O–H groups in total. The SMILES string of the molecule is CCCC(=O)NCCS(=O)(=O)CCC(CC)C(N)=O. The first-order chi connectivity index (χ1) is 8.82. The van der Waals surface area contributed by atoms with Crippen LogP contribution in [-0.2, 0) is 19.4 Å². The largest absolute Gasteiger partial charge is 0.369 e. The molecule has 0 spiro atoms. The van der Waals surface area contributed by atoms with Crippen molar-refractivity contribution < 1.29 is 18.0 Å². The maximum Gasteiger partial charge on any atom is 0.220 e. The maximum atomic E-state index is 11.7. The molecule has 0 saturated heterocycles. The molecule has 0 rings (SSSR count). The highest BCUT2D eigenvalue weighted by Crippen LogP contribution is 2.09. The van der Waals surface area contributed by atoms with E-state index >= 15 is 0 Å². The Kier molecular flexibility index (Phi) is 8.38. The molecule has 19 heavy (non-hydrogen) atoms. The molecular formula is C12H24N2O4S. The van der Waals surface area contributed by atoms with E-state index in [1.807, 2.05) is 6.92 Å². The minimum absolute atomic E-state index is 0.0713. The van der Waals surface area contributed by atoms with Gasteiger partial charge in [-0.15, -0.1) is 0 Å². The van der Waals surface area contributed by atoms with Crippen molar-refractivity contribution in [2.24, 2.45) is 11.7 Å². The van der Waals surface area contributed by atoms with Crippen molar-refractivity contribution >= 4 is 21.7 Å². The number of carbonyl (C=O) groups is 2. The van der Waals surface area contributed by atoms with Crippen molar-refractivity contribution in [3.8, 4) is 0 Å². The van der Waals surface area contributed by atoms with Crippen LogP contribution in [0, 0.1) is 5.92 Å². The van der Waals surface area contributed by atoms with Gasteiger partial charge in [-0.3, -0.25) is 9.59 Å². The van der Waals surface area contributed by atoms with Crippen LogP contribution in [0.1, 0.15) is 39.5 Å². The molecule has 0 aromatic rings. The van der Waals surface area contributed by atoms with E-state index < -0.39 is 21.7 Å². The van der Waals surface area contributed by atoms with Crippen molar-refractivity contribution in [2.75, 3.05) is 18.1 Å². The number of nitrogens with two attached hydrogens (primary N) is 1. The Hall–Kier alpha value is -1.11. The highest BCUT2D eigenvalue weighted by Gasteiger charge is 2.18. The van der Waals surface area contributed by atoms with E-state index in [4.69, 9.17) is 5.73 Å². The van der Waals surface area contributed by atoms with Crippen LogP contribution in [0.5, 0.6) is 0 Å². The number of rotatable bonds is 10. The van der Waals surface area contributed by atoms with E-state index in [0.717, 1.165) is 6.42 Å². The average Bonchev–Trinajstić information content (AvgIpc) is 2.29. The summed E-state index contributed by atoms with van der Waals surface area (Å²) >= 11 is 0. The summed E-state index contributed by atoms with van der Waals surface area (Å²) in [6.07, 6.45) is 1.92. The zero-order chi connectivity index (χ0) is 14.9. The Morgan fingerprint density at radius 3 is 2.32 bits per heavy atom. The van der Waals surface area contributed by atoms with E-state index in [9.17, 15) is 18.0 Å². The summed E-state index contributed by atoms with van der Waals surface area (Å²) in [5, 5.41) is 2.55. The summed E-state index contributed by atoms with van der Waals surface area (Å²) in [7, 11) is -3.25. The molecule has 0 heterocycles. The average molecular weight is 292 g/mol. The third-order valence-corrected chi connectivity index (χ3v) is 4.57. The van der Waals surface area contributed by atoms with Crippen LogP contribution in [0.15, 0.2) is 0 Å². The standard InChI is InChI=1S/C12H24N2O4S/c1-3-5-11(15)14-7-9-19(17,18)8-6-10(4-2)12(13)16/h10H,3-9H2,1-2H3,(H2,13,16)(H,14,15). The molecule has 0 bridgehead atoms. The number of sulfone groups is 1. The molecule has 0 aliphatic carbocycles. The van der Waals surface area contributed by atoms with Crippen LogP contribution < -0.4 is 11.1 Å². The summed E-state index contributed by atoms with van der Waals surface area (Å²) < 4.78 is 23.4. The first kappa shape index (κ1) is 17.9. The van der Waals surface area contributed by atoms with Gasteiger partial charge in [0.25, 0.3) is 0 Å². The van der Waals surface area contributed by atoms with Gasteiger partial charge in [-0.2, -0.15) is 0 Å². The molecule has 0 aliphatic rings. The molecule has 0 aromatic heterocycles. The Balaban J connectivity index is 4.05. The first-order valence-electron chi connectivity index (χ1n) is 6.58. The number of nitrogens with one attached hydrogen (secondary N) is 1. The fourth-order valence-electron chi connectivity index (χ4n) is 1.63. The number of primary amides is 1. The fraction of sp³-hybridized carbons (Fsp3) is 0.833. The van der Waals surface area contributed by atoms with Crippen molar-refractivity contribution in [1.29, 1.82) is 0 Å². The number of hydrogen-bond donors (Lipinski definition) is 2.